The first-order valence-corrected chi connectivity index (χ1v) is 9.80. The van der Waals surface area contributed by atoms with E-state index in [-0.39, 0.29) is 25.3 Å². The second-order valence-corrected chi connectivity index (χ2v) is 8.60. The van der Waals surface area contributed by atoms with Crippen molar-refractivity contribution in [2.24, 2.45) is 5.41 Å². The Labute approximate surface area is 148 Å². The van der Waals surface area contributed by atoms with Gasteiger partial charge >= 0.3 is 5.97 Å². The Bertz CT molecular complexity index is 719. The fourth-order valence-corrected chi connectivity index (χ4v) is 2.48. The number of esters is 1. The molecule has 0 radical (unpaired) electrons. The van der Waals surface area contributed by atoms with Crippen LogP contribution in [0.2, 0.25) is 0 Å². The molecule has 0 N–H and O–H groups in total. The van der Waals surface area contributed by atoms with E-state index in [4.69, 9.17) is 18.4 Å². The predicted molar refractivity (Wildman–Crippen MR) is 91.3 cm³/mol. The maximum Gasteiger partial charge on any atom is 0.311 e. The minimum Gasteiger partial charge on any atom is -0.486 e. The zero-order valence-electron chi connectivity index (χ0n) is 14.9. The number of carbonyl (C=O) groups excluding carboxylic acids is 1. The molecule has 0 aromatic heterocycles. The second-order valence-electron chi connectivity index (χ2n) is 6.96. The normalized spacial score (nSPS) is 17.2. The van der Waals surface area contributed by atoms with Crippen molar-refractivity contribution in [3.63, 3.8) is 0 Å². The smallest absolute Gasteiger partial charge is 0.311 e. The summed E-state index contributed by atoms with van der Waals surface area (Å²) in [5.41, 5.74) is 0.290. The topological polar surface area (TPSA) is 88.1 Å². The second kappa shape index (κ2) is 7.61. The first-order chi connectivity index (χ1) is 11.5. The van der Waals surface area contributed by atoms with Crippen LogP contribution in [0.3, 0.4) is 0 Å². The van der Waals surface area contributed by atoms with E-state index in [2.05, 4.69) is 0 Å². The van der Waals surface area contributed by atoms with Crippen molar-refractivity contribution in [1.82, 2.24) is 0 Å². The summed E-state index contributed by atoms with van der Waals surface area (Å²) in [5, 5.41) is 0. The Morgan fingerprint density at radius 3 is 2.64 bits per heavy atom. The third-order valence-electron chi connectivity index (χ3n) is 3.43. The zero-order valence-corrected chi connectivity index (χ0v) is 15.7. The summed E-state index contributed by atoms with van der Waals surface area (Å²) in [6, 6.07) is 5.37. The summed E-state index contributed by atoms with van der Waals surface area (Å²) >= 11 is 0. The average molecular weight is 372 g/mol. The predicted octanol–water partition coefficient (Wildman–Crippen LogP) is 1.93. The number of fused-ring (bicyclic) bond motifs is 1. The van der Waals surface area contributed by atoms with Crippen LogP contribution in [0, 0.1) is 5.41 Å². The lowest BCUT2D eigenvalue weighted by atomic mass is 9.97. The molecule has 1 aliphatic heterocycles. The zero-order chi connectivity index (χ0) is 18.7. The van der Waals surface area contributed by atoms with Crippen LogP contribution >= 0.6 is 0 Å². The number of rotatable bonds is 6. The van der Waals surface area contributed by atoms with Gasteiger partial charge in [0.05, 0.1) is 18.3 Å². The number of benzene rings is 1. The summed E-state index contributed by atoms with van der Waals surface area (Å²) in [4.78, 5) is 11.8. The van der Waals surface area contributed by atoms with Crippen LogP contribution in [0.25, 0.3) is 0 Å². The van der Waals surface area contributed by atoms with Crippen molar-refractivity contribution in [3.05, 3.63) is 23.8 Å². The molecular weight excluding hydrogens is 348 g/mol. The molecule has 1 aromatic carbocycles. The van der Waals surface area contributed by atoms with Crippen LogP contribution in [0.5, 0.6) is 11.5 Å². The number of carbonyl (C=O) groups is 1. The van der Waals surface area contributed by atoms with Gasteiger partial charge in [-0.15, -0.1) is 0 Å². The summed E-state index contributed by atoms with van der Waals surface area (Å²) in [6.07, 6.45) is 1.05. The van der Waals surface area contributed by atoms with Crippen molar-refractivity contribution < 1.29 is 31.6 Å². The van der Waals surface area contributed by atoms with Gasteiger partial charge in [0.2, 0.25) is 0 Å². The van der Waals surface area contributed by atoms with Crippen LogP contribution in [-0.2, 0) is 30.3 Å². The van der Waals surface area contributed by atoms with E-state index < -0.39 is 15.5 Å². The molecule has 1 aromatic rings. The molecule has 0 saturated heterocycles. The first kappa shape index (κ1) is 19.5. The van der Waals surface area contributed by atoms with Gasteiger partial charge in [-0.05, 0) is 44.9 Å². The van der Waals surface area contributed by atoms with Gasteiger partial charge in [-0.1, -0.05) is 6.07 Å². The molecule has 0 amide bonds. The van der Waals surface area contributed by atoms with Gasteiger partial charge in [0.1, 0.15) is 13.2 Å². The van der Waals surface area contributed by atoms with E-state index in [0.717, 1.165) is 11.8 Å². The first-order valence-electron chi connectivity index (χ1n) is 7.98. The minimum atomic E-state index is -3.45. The molecule has 0 spiro atoms. The highest BCUT2D eigenvalue weighted by atomic mass is 32.2. The largest absolute Gasteiger partial charge is 0.486 e. The average Bonchev–Trinajstić information content (AvgIpc) is 2.50. The summed E-state index contributed by atoms with van der Waals surface area (Å²) in [6.45, 7) is 5.82. The number of hydrogen-bond acceptors (Lipinski definition) is 7. The van der Waals surface area contributed by atoms with Crippen LogP contribution < -0.4 is 9.47 Å². The lowest BCUT2D eigenvalue weighted by molar-refractivity contribution is -0.156. The molecule has 7 nitrogen and oxygen atoms in total. The fraction of sp³-hybridized carbons (Fsp3) is 0.588. The number of hydrogen-bond donors (Lipinski definition) is 0. The highest BCUT2D eigenvalue weighted by molar-refractivity contribution is 7.85. The lowest BCUT2D eigenvalue weighted by Crippen LogP contribution is -2.36. The minimum absolute atomic E-state index is 0.0606. The van der Waals surface area contributed by atoms with Crippen LogP contribution in [0.15, 0.2) is 18.2 Å². The van der Waals surface area contributed by atoms with Crippen molar-refractivity contribution >= 4 is 16.1 Å². The Morgan fingerprint density at radius 1 is 1.28 bits per heavy atom. The molecule has 0 fully saturated rings. The van der Waals surface area contributed by atoms with Gasteiger partial charge in [0, 0.05) is 0 Å². The Kier molecular flexibility index (Phi) is 5.95. The van der Waals surface area contributed by atoms with Crippen molar-refractivity contribution in [2.75, 3.05) is 26.1 Å². The molecule has 0 unspecified atom stereocenters. The SMILES string of the molecule is CC(C)(C)C(=O)OC[C@@H]1COc2ccc(CCOS(C)(=O)=O)cc2O1. The van der Waals surface area contributed by atoms with Gasteiger partial charge < -0.3 is 14.2 Å². The molecule has 0 bridgehead atoms. The van der Waals surface area contributed by atoms with Gasteiger partial charge in [0.25, 0.3) is 10.1 Å². The molecule has 1 heterocycles. The monoisotopic (exact) mass is 372 g/mol. The van der Waals surface area contributed by atoms with E-state index >= 15 is 0 Å². The Hall–Kier alpha value is -1.80. The molecule has 0 aliphatic carbocycles. The molecule has 8 heteroatoms. The van der Waals surface area contributed by atoms with E-state index in [1.807, 2.05) is 6.07 Å². The molecule has 1 aliphatic rings. The van der Waals surface area contributed by atoms with E-state index in [1.54, 1.807) is 32.9 Å². The van der Waals surface area contributed by atoms with Crippen LogP contribution in [-0.4, -0.2) is 46.6 Å². The molecule has 140 valence electrons. The third kappa shape index (κ3) is 6.21. The standard InChI is InChI=1S/C17H24O7S/c1-17(2,3)16(18)22-11-13-10-21-14-6-5-12(9-15(14)24-13)7-8-23-25(4,19)20/h5-6,9,13H,7-8,10-11H2,1-4H3/t13-/m0/s1. The maximum atomic E-state index is 11.8. The highest BCUT2D eigenvalue weighted by Gasteiger charge is 2.27. The van der Waals surface area contributed by atoms with E-state index in [9.17, 15) is 13.2 Å². The van der Waals surface area contributed by atoms with Crippen molar-refractivity contribution in [1.29, 1.82) is 0 Å². The molecular formula is C17H24O7S. The summed E-state index contributed by atoms with van der Waals surface area (Å²) in [5.74, 6) is 0.847. The maximum absolute atomic E-state index is 11.8. The van der Waals surface area contributed by atoms with Crippen molar-refractivity contribution in [2.45, 2.75) is 33.3 Å². The fourth-order valence-electron chi connectivity index (χ4n) is 2.09. The van der Waals surface area contributed by atoms with Crippen LogP contribution in [0.1, 0.15) is 26.3 Å². The Morgan fingerprint density at radius 2 is 2.00 bits per heavy atom. The van der Waals surface area contributed by atoms with Gasteiger partial charge in [-0.2, -0.15) is 8.42 Å². The van der Waals surface area contributed by atoms with Gasteiger partial charge in [-0.25, -0.2) is 0 Å². The number of ether oxygens (including phenoxy) is 3. The molecule has 1 atom stereocenters. The molecule has 0 saturated carbocycles. The van der Waals surface area contributed by atoms with Gasteiger partial charge in [0.15, 0.2) is 17.6 Å². The highest BCUT2D eigenvalue weighted by Crippen LogP contribution is 2.33. The summed E-state index contributed by atoms with van der Waals surface area (Å²) in [7, 11) is -3.45. The Balaban J connectivity index is 1.92. The quantitative estimate of drug-likeness (QED) is 0.557. The molecule has 2 rings (SSSR count). The third-order valence-corrected chi connectivity index (χ3v) is 4.02. The van der Waals surface area contributed by atoms with E-state index in [1.165, 1.54) is 0 Å². The van der Waals surface area contributed by atoms with Gasteiger partial charge in [-0.3, -0.25) is 8.98 Å². The molecule has 25 heavy (non-hydrogen) atoms. The lowest BCUT2D eigenvalue weighted by Gasteiger charge is -2.27. The summed E-state index contributed by atoms with van der Waals surface area (Å²) < 4.78 is 43.4. The van der Waals surface area contributed by atoms with Crippen LogP contribution in [0.4, 0.5) is 0 Å². The van der Waals surface area contributed by atoms with E-state index in [0.29, 0.717) is 24.5 Å². The van der Waals surface area contributed by atoms with Crippen molar-refractivity contribution in [3.8, 4) is 11.5 Å².